The first-order valence-corrected chi connectivity index (χ1v) is 10.5. The van der Waals surface area contributed by atoms with E-state index in [1.165, 1.54) is 18.9 Å². The number of thioether (sulfide) groups is 1. The first-order chi connectivity index (χ1) is 15.1. The average Bonchev–Trinajstić information content (AvgIpc) is 3.45. The van der Waals surface area contributed by atoms with Gasteiger partial charge < -0.3 is 14.5 Å². The molecule has 2 aromatic carbocycles. The van der Waals surface area contributed by atoms with E-state index in [1.807, 2.05) is 36.4 Å². The molecule has 2 aromatic heterocycles. The Bertz CT molecular complexity index is 1150. The van der Waals surface area contributed by atoms with Gasteiger partial charge in [0, 0.05) is 5.69 Å². The number of ether oxygens (including phenoxy) is 1. The lowest BCUT2D eigenvalue weighted by atomic mass is 10.1. The van der Waals surface area contributed by atoms with Gasteiger partial charge in [-0.05, 0) is 46.3 Å². The third-order valence-corrected chi connectivity index (χ3v) is 5.89. The fraction of sp³-hybridized carbons (Fsp3) is 0.143. The lowest BCUT2D eigenvalue weighted by molar-refractivity contribution is -0.115. The molecule has 0 saturated heterocycles. The van der Waals surface area contributed by atoms with E-state index >= 15 is 0 Å². The molecule has 1 atom stereocenters. The Kier molecular flexibility index (Phi) is 6.54. The molecule has 1 N–H and O–H groups in total. The number of furan rings is 1. The summed E-state index contributed by atoms with van der Waals surface area (Å²) in [4.78, 5) is 13.2. The average molecular weight is 456 g/mol. The number of halogens is 1. The second-order valence-corrected chi connectivity index (χ2v) is 7.93. The van der Waals surface area contributed by atoms with E-state index in [9.17, 15) is 4.79 Å². The van der Waals surface area contributed by atoms with Crippen molar-refractivity contribution in [1.82, 2.24) is 20.2 Å². The highest BCUT2D eigenvalue weighted by Crippen LogP contribution is 2.36. The first-order valence-electron chi connectivity index (χ1n) is 9.28. The van der Waals surface area contributed by atoms with Crippen LogP contribution in [0.1, 0.15) is 16.6 Å². The normalized spacial score (nSPS) is 11.8. The van der Waals surface area contributed by atoms with Gasteiger partial charge in [-0.3, -0.25) is 4.79 Å². The van der Waals surface area contributed by atoms with E-state index in [-0.39, 0.29) is 5.91 Å². The smallest absolute Gasteiger partial charge is 0.242 e. The largest absolute Gasteiger partial charge is 0.495 e. The number of nitrogens with zero attached hydrogens (tertiary/aromatic N) is 4. The molecule has 10 heteroatoms. The Labute approximate surface area is 187 Å². The SMILES string of the molecule is COc1ccc(NC(=O)C(Sc2nnnn2Cc2ccco2)c2ccccc2)cc1Cl. The number of hydrogen-bond acceptors (Lipinski definition) is 7. The highest BCUT2D eigenvalue weighted by molar-refractivity contribution is 8.00. The summed E-state index contributed by atoms with van der Waals surface area (Å²) in [6, 6.07) is 18.1. The Morgan fingerprint density at radius 1 is 1.23 bits per heavy atom. The van der Waals surface area contributed by atoms with Crippen LogP contribution in [-0.2, 0) is 11.3 Å². The Balaban J connectivity index is 1.58. The number of amides is 1. The molecule has 1 amide bonds. The topological polar surface area (TPSA) is 95.1 Å². The Morgan fingerprint density at radius 3 is 2.77 bits per heavy atom. The van der Waals surface area contributed by atoms with Crippen molar-refractivity contribution in [3.05, 3.63) is 83.3 Å². The van der Waals surface area contributed by atoms with Crippen LogP contribution in [0.4, 0.5) is 5.69 Å². The molecule has 8 nitrogen and oxygen atoms in total. The molecule has 0 saturated carbocycles. The van der Waals surface area contributed by atoms with Gasteiger partial charge in [0.2, 0.25) is 11.1 Å². The summed E-state index contributed by atoms with van der Waals surface area (Å²) in [5, 5.41) is 15.1. The van der Waals surface area contributed by atoms with Gasteiger partial charge in [-0.1, -0.05) is 53.7 Å². The zero-order valence-corrected chi connectivity index (χ0v) is 18.0. The minimum atomic E-state index is -0.594. The number of hydrogen-bond donors (Lipinski definition) is 1. The fourth-order valence-corrected chi connectivity index (χ4v) is 4.12. The third kappa shape index (κ3) is 5.07. The van der Waals surface area contributed by atoms with E-state index in [0.29, 0.717) is 33.9 Å². The molecular weight excluding hydrogens is 438 g/mol. The number of benzene rings is 2. The molecule has 4 aromatic rings. The standard InChI is InChI=1S/C21H18ClN5O3S/c1-29-18-10-9-15(12-17(18)22)23-20(28)19(14-6-3-2-4-7-14)31-21-24-25-26-27(21)13-16-8-5-11-30-16/h2-12,19H,13H2,1H3,(H,23,28). The van der Waals surface area contributed by atoms with Crippen molar-refractivity contribution in [2.24, 2.45) is 0 Å². The summed E-state index contributed by atoms with van der Waals surface area (Å²) in [5.41, 5.74) is 1.38. The summed E-state index contributed by atoms with van der Waals surface area (Å²) >= 11 is 7.44. The van der Waals surface area contributed by atoms with Gasteiger partial charge in [-0.25, -0.2) is 4.68 Å². The van der Waals surface area contributed by atoms with E-state index in [4.69, 9.17) is 20.8 Å². The number of aromatic nitrogens is 4. The van der Waals surface area contributed by atoms with Crippen molar-refractivity contribution in [2.45, 2.75) is 17.0 Å². The van der Waals surface area contributed by atoms with Crippen molar-refractivity contribution in [1.29, 1.82) is 0 Å². The fourth-order valence-electron chi connectivity index (χ4n) is 2.89. The number of rotatable bonds is 8. The summed E-state index contributed by atoms with van der Waals surface area (Å²) in [6.07, 6.45) is 1.59. The van der Waals surface area contributed by atoms with Crippen LogP contribution in [-0.4, -0.2) is 33.2 Å². The van der Waals surface area contributed by atoms with E-state index in [1.54, 1.807) is 35.2 Å². The van der Waals surface area contributed by atoms with Crippen molar-refractivity contribution in [3.63, 3.8) is 0 Å². The molecule has 1 unspecified atom stereocenters. The monoisotopic (exact) mass is 455 g/mol. The third-order valence-electron chi connectivity index (χ3n) is 4.37. The highest BCUT2D eigenvalue weighted by atomic mass is 35.5. The number of carbonyl (C=O) groups is 1. The van der Waals surface area contributed by atoms with Crippen molar-refractivity contribution in [3.8, 4) is 5.75 Å². The molecule has 0 aliphatic heterocycles. The number of carbonyl (C=O) groups excluding carboxylic acids is 1. The summed E-state index contributed by atoms with van der Waals surface area (Å²) in [6.45, 7) is 0.361. The molecule has 31 heavy (non-hydrogen) atoms. The van der Waals surface area contributed by atoms with Crippen molar-refractivity contribution in [2.75, 3.05) is 12.4 Å². The van der Waals surface area contributed by atoms with Crippen LogP contribution in [0, 0.1) is 0 Å². The number of methoxy groups -OCH3 is 1. The molecule has 0 spiro atoms. The van der Waals surface area contributed by atoms with Crippen LogP contribution in [0.15, 0.2) is 76.5 Å². The lowest BCUT2D eigenvalue weighted by Crippen LogP contribution is -2.19. The van der Waals surface area contributed by atoms with Crippen LogP contribution in [0.2, 0.25) is 5.02 Å². The van der Waals surface area contributed by atoms with Crippen LogP contribution in [0.5, 0.6) is 5.75 Å². The van der Waals surface area contributed by atoms with E-state index < -0.39 is 5.25 Å². The number of nitrogens with one attached hydrogen (secondary N) is 1. The van der Waals surface area contributed by atoms with Crippen molar-refractivity contribution >= 4 is 35.0 Å². The summed E-state index contributed by atoms with van der Waals surface area (Å²) in [7, 11) is 1.54. The zero-order valence-electron chi connectivity index (χ0n) is 16.4. The first kappa shape index (κ1) is 21.0. The van der Waals surface area contributed by atoms with Crippen LogP contribution >= 0.6 is 23.4 Å². The maximum absolute atomic E-state index is 13.2. The number of anilines is 1. The molecule has 4 rings (SSSR count). The molecule has 0 radical (unpaired) electrons. The maximum Gasteiger partial charge on any atom is 0.242 e. The molecule has 2 heterocycles. The van der Waals surface area contributed by atoms with Gasteiger partial charge in [0.05, 0.1) is 18.4 Å². The summed E-state index contributed by atoms with van der Waals surface area (Å²) < 4.78 is 12.1. The van der Waals surface area contributed by atoms with E-state index in [0.717, 1.165) is 5.56 Å². The van der Waals surface area contributed by atoms with Crippen LogP contribution in [0.25, 0.3) is 0 Å². The Hall–Kier alpha value is -3.30. The predicted octanol–water partition coefficient (Wildman–Crippen LogP) is 4.45. The molecule has 0 aliphatic rings. The van der Waals surface area contributed by atoms with Gasteiger partial charge in [-0.15, -0.1) is 5.10 Å². The van der Waals surface area contributed by atoms with Gasteiger partial charge in [0.15, 0.2) is 0 Å². The quantitative estimate of drug-likeness (QED) is 0.392. The predicted molar refractivity (Wildman–Crippen MR) is 117 cm³/mol. The highest BCUT2D eigenvalue weighted by Gasteiger charge is 2.25. The second kappa shape index (κ2) is 9.67. The minimum Gasteiger partial charge on any atom is -0.495 e. The van der Waals surface area contributed by atoms with Gasteiger partial charge in [0.1, 0.15) is 23.3 Å². The second-order valence-electron chi connectivity index (χ2n) is 6.45. The van der Waals surface area contributed by atoms with E-state index in [2.05, 4.69) is 20.8 Å². The van der Waals surface area contributed by atoms with Crippen LogP contribution < -0.4 is 10.1 Å². The summed E-state index contributed by atoms with van der Waals surface area (Å²) in [5.74, 6) is 1.01. The van der Waals surface area contributed by atoms with Gasteiger partial charge in [0.25, 0.3) is 0 Å². The number of tetrazole rings is 1. The molecule has 0 bridgehead atoms. The maximum atomic E-state index is 13.2. The Morgan fingerprint density at radius 2 is 2.06 bits per heavy atom. The minimum absolute atomic E-state index is 0.231. The van der Waals surface area contributed by atoms with Crippen LogP contribution in [0.3, 0.4) is 0 Å². The van der Waals surface area contributed by atoms with Crippen molar-refractivity contribution < 1.29 is 13.9 Å². The zero-order chi connectivity index (χ0) is 21.6. The molecule has 0 aliphatic carbocycles. The molecular formula is C21H18ClN5O3S. The van der Waals surface area contributed by atoms with Gasteiger partial charge >= 0.3 is 0 Å². The molecule has 0 fully saturated rings. The van der Waals surface area contributed by atoms with Gasteiger partial charge in [-0.2, -0.15) is 0 Å². The molecule has 158 valence electrons. The lowest BCUT2D eigenvalue weighted by Gasteiger charge is -2.17.